The molecule has 3 aromatic rings. The smallest absolute Gasteiger partial charge is 0.242 e. The third-order valence-electron chi connectivity index (χ3n) is 6.40. The van der Waals surface area contributed by atoms with Gasteiger partial charge in [0, 0.05) is 24.3 Å². The van der Waals surface area contributed by atoms with Crippen LogP contribution in [-0.4, -0.2) is 32.8 Å². The van der Waals surface area contributed by atoms with Gasteiger partial charge in [0.2, 0.25) is 21.8 Å². The first-order chi connectivity index (χ1) is 17.2. The van der Waals surface area contributed by atoms with Gasteiger partial charge in [0.25, 0.3) is 0 Å². The van der Waals surface area contributed by atoms with Crippen molar-refractivity contribution in [1.29, 1.82) is 0 Å². The van der Waals surface area contributed by atoms with Gasteiger partial charge in [0.1, 0.15) is 6.04 Å². The van der Waals surface area contributed by atoms with E-state index in [1.165, 1.54) is 6.07 Å². The second-order valence-corrected chi connectivity index (χ2v) is 10.8. The highest BCUT2D eigenvalue weighted by atomic mass is 32.2. The number of nitrogens with one attached hydrogen (secondary N) is 2. The number of aryl methyl sites for hydroxylation is 2. The summed E-state index contributed by atoms with van der Waals surface area (Å²) >= 11 is 0. The molecule has 0 saturated carbocycles. The zero-order chi connectivity index (χ0) is 25.9. The summed E-state index contributed by atoms with van der Waals surface area (Å²) in [6.45, 7) is 6.21. The van der Waals surface area contributed by atoms with Crippen LogP contribution in [0.3, 0.4) is 0 Å². The Labute approximate surface area is 212 Å². The van der Waals surface area contributed by atoms with Crippen LogP contribution in [-0.2, 0) is 32.5 Å². The molecule has 2 amide bonds. The molecule has 8 heteroatoms. The average molecular weight is 506 g/mol. The van der Waals surface area contributed by atoms with Crippen LogP contribution >= 0.6 is 0 Å². The number of hydrogen-bond acceptors (Lipinski definition) is 4. The number of rotatable bonds is 8. The van der Waals surface area contributed by atoms with E-state index in [1.807, 2.05) is 62.4 Å². The number of hydrogen-bond donors (Lipinski definition) is 2. The fourth-order valence-electron chi connectivity index (χ4n) is 4.46. The maximum atomic E-state index is 13.4. The minimum atomic E-state index is -4.01. The number of carbonyl (C=O) groups excluding carboxylic acids is 2. The Morgan fingerprint density at radius 3 is 2.44 bits per heavy atom. The van der Waals surface area contributed by atoms with Crippen molar-refractivity contribution < 1.29 is 18.0 Å². The van der Waals surface area contributed by atoms with Gasteiger partial charge in [-0.1, -0.05) is 55.0 Å². The second kappa shape index (κ2) is 10.6. The molecule has 0 radical (unpaired) electrons. The molecule has 0 aliphatic carbocycles. The number of sulfonamides is 1. The second-order valence-electron chi connectivity index (χ2n) is 9.11. The van der Waals surface area contributed by atoms with Gasteiger partial charge in [-0.3, -0.25) is 9.59 Å². The molecule has 0 fully saturated rings. The lowest BCUT2D eigenvalue weighted by atomic mass is 10.1. The fourth-order valence-corrected chi connectivity index (χ4v) is 5.71. The highest BCUT2D eigenvalue weighted by Crippen LogP contribution is 2.31. The molecule has 3 aromatic carbocycles. The number of nitrogens with zero attached hydrogens (tertiary/aromatic N) is 1. The molecule has 0 spiro atoms. The summed E-state index contributed by atoms with van der Waals surface area (Å²) in [5.74, 6) is -0.427. The van der Waals surface area contributed by atoms with E-state index in [0.717, 1.165) is 27.9 Å². The van der Waals surface area contributed by atoms with Gasteiger partial charge in [0.15, 0.2) is 0 Å². The normalized spacial score (nSPS) is 13.8. The van der Waals surface area contributed by atoms with Crippen molar-refractivity contribution >= 4 is 33.2 Å². The van der Waals surface area contributed by atoms with Gasteiger partial charge in [-0.2, -0.15) is 4.72 Å². The fraction of sp³-hybridized carbons (Fsp3) is 0.286. The summed E-state index contributed by atoms with van der Waals surface area (Å²) in [5.41, 5.74) is 5.00. The molecule has 7 nitrogen and oxygen atoms in total. The summed E-state index contributed by atoms with van der Waals surface area (Å²) in [4.78, 5) is 27.3. The van der Waals surface area contributed by atoms with E-state index >= 15 is 0 Å². The van der Waals surface area contributed by atoms with Crippen LogP contribution in [0.4, 0.5) is 11.4 Å². The van der Waals surface area contributed by atoms with Crippen molar-refractivity contribution in [2.24, 2.45) is 0 Å². The van der Waals surface area contributed by atoms with E-state index in [1.54, 1.807) is 24.0 Å². The van der Waals surface area contributed by atoms with Crippen LogP contribution in [0.5, 0.6) is 0 Å². The lowest BCUT2D eigenvalue weighted by molar-refractivity contribution is -0.118. The largest absolute Gasteiger partial charge is 0.324 e. The van der Waals surface area contributed by atoms with Gasteiger partial charge >= 0.3 is 0 Å². The number of carbonyl (C=O) groups is 2. The Morgan fingerprint density at radius 2 is 1.75 bits per heavy atom. The van der Waals surface area contributed by atoms with Gasteiger partial charge in [-0.25, -0.2) is 8.42 Å². The molecule has 36 heavy (non-hydrogen) atoms. The Morgan fingerprint density at radius 1 is 1.00 bits per heavy atom. The van der Waals surface area contributed by atoms with Crippen molar-refractivity contribution in [2.45, 2.75) is 51.0 Å². The summed E-state index contributed by atoms with van der Waals surface area (Å²) in [7, 11) is -4.01. The van der Waals surface area contributed by atoms with E-state index in [9.17, 15) is 18.0 Å². The van der Waals surface area contributed by atoms with Crippen LogP contribution in [0.15, 0.2) is 71.6 Å². The molecular formula is C28H31N3O4S. The summed E-state index contributed by atoms with van der Waals surface area (Å²) in [6.07, 6.45) is 1.17. The lowest BCUT2D eigenvalue weighted by Crippen LogP contribution is -2.45. The first kappa shape index (κ1) is 25.6. The third-order valence-corrected chi connectivity index (χ3v) is 7.87. The van der Waals surface area contributed by atoms with Gasteiger partial charge in [0.05, 0.1) is 4.90 Å². The number of anilines is 2. The Kier molecular flexibility index (Phi) is 7.56. The predicted octanol–water partition coefficient (Wildman–Crippen LogP) is 4.13. The molecule has 0 aromatic heterocycles. The number of fused-ring (bicyclic) bond motifs is 1. The number of benzene rings is 3. The van der Waals surface area contributed by atoms with Crippen LogP contribution in [0, 0.1) is 13.8 Å². The van der Waals surface area contributed by atoms with Crippen molar-refractivity contribution in [3.8, 4) is 0 Å². The highest BCUT2D eigenvalue weighted by Gasteiger charge is 2.29. The molecule has 2 N–H and O–H groups in total. The average Bonchev–Trinajstić information content (AvgIpc) is 3.29. The van der Waals surface area contributed by atoms with Crippen LogP contribution in [0.25, 0.3) is 0 Å². The van der Waals surface area contributed by atoms with Crippen molar-refractivity contribution in [3.63, 3.8) is 0 Å². The predicted molar refractivity (Wildman–Crippen MR) is 142 cm³/mol. The Balaban J connectivity index is 1.60. The zero-order valence-electron chi connectivity index (χ0n) is 20.7. The minimum Gasteiger partial charge on any atom is -0.324 e. The first-order valence-electron chi connectivity index (χ1n) is 12.1. The van der Waals surface area contributed by atoms with Gasteiger partial charge in [-0.05, 0) is 67.6 Å². The Bertz CT molecular complexity index is 1390. The molecule has 0 saturated heterocycles. The highest BCUT2D eigenvalue weighted by molar-refractivity contribution is 7.89. The van der Waals surface area contributed by atoms with Gasteiger partial charge < -0.3 is 10.2 Å². The molecule has 1 aliphatic rings. The number of amides is 2. The maximum Gasteiger partial charge on any atom is 0.242 e. The SMILES string of the molecule is CCC(=O)N1CCc2cc(S(=O)(=O)N[C@H](Cc3ccccc3)C(=O)Nc3ccc(C)cc3C)ccc21. The molecule has 0 unspecified atom stereocenters. The summed E-state index contributed by atoms with van der Waals surface area (Å²) < 4.78 is 29.4. The lowest BCUT2D eigenvalue weighted by Gasteiger charge is -2.20. The summed E-state index contributed by atoms with van der Waals surface area (Å²) in [6, 6.07) is 18.7. The van der Waals surface area contributed by atoms with E-state index < -0.39 is 22.0 Å². The Hall–Kier alpha value is -3.49. The molecule has 0 bridgehead atoms. The van der Waals surface area contributed by atoms with E-state index in [0.29, 0.717) is 25.1 Å². The molecule has 4 rings (SSSR count). The molecular weight excluding hydrogens is 474 g/mol. The minimum absolute atomic E-state index is 0.00785. The third kappa shape index (κ3) is 5.66. The molecule has 1 atom stereocenters. The van der Waals surface area contributed by atoms with E-state index in [4.69, 9.17) is 0 Å². The van der Waals surface area contributed by atoms with E-state index in [-0.39, 0.29) is 17.2 Å². The van der Waals surface area contributed by atoms with Crippen molar-refractivity contribution in [1.82, 2.24) is 4.72 Å². The maximum absolute atomic E-state index is 13.4. The zero-order valence-corrected chi connectivity index (χ0v) is 21.6. The van der Waals surface area contributed by atoms with Crippen LogP contribution < -0.4 is 14.9 Å². The van der Waals surface area contributed by atoms with Crippen molar-refractivity contribution in [3.05, 3.63) is 89.0 Å². The molecule has 1 heterocycles. The monoisotopic (exact) mass is 505 g/mol. The van der Waals surface area contributed by atoms with E-state index in [2.05, 4.69) is 10.0 Å². The quantitative estimate of drug-likeness (QED) is 0.481. The standard InChI is InChI=1S/C28H31N3O4S/c1-4-27(32)31-15-14-22-18-23(11-13-26(22)31)36(34,35)30-25(17-21-8-6-5-7-9-21)28(33)29-24-12-10-19(2)16-20(24)3/h5-13,16,18,25,30H,4,14-15,17H2,1-3H3,(H,29,33)/t25-/m1/s1. The first-order valence-corrected chi connectivity index (χ1v) is 13.5. The molecule has 188 valence electrons. The van der Waals surface area contributed by atoms with Crippen LogP contribution in [0.1, 0.15) is 35.6 Å². The van der Waals surface area contributed by atoms with Crippen LogP contribution in [0.2, 0.25) is 0 Å². The van der Waals surface area contributed by atoms with Crippen molar-refractivity contribution in [2.75, 3.05) is 16.8 Å². The van der Waals surface area contributed by atoms with Gasteiger partial charge in [-0.15, -0.1) is 0 Å². The molecule has 1 aliphatic heterocycles. The topological polar surface area (TPSA) is 95.6 Å². The summed E-state index contributed by atoms with van der Waals surface area (Å²) in [5, 5.41) is 2.89.